The van der Waals surface area contributed by atoms with E-state index in [1.54, 1.807) is 0 Å². The van der Waals surface area contributed by atoms with Crippen LogP contribution in [0.3, 0.4) is 0 Å². The molecule has 0 saturated carbocycles. The Kier molecular flexibility index (Phi) is 9.40. The summed E-state index contributed by atoms with van der Waals surface area (Å²) in [6, 6.07) is 87.8. The van der Waals surface area contributed by atoms with Gasteiger partial charge in [0.25, 0.3) is 0 Å². The van der Waals surface area contributed by atoms with Crippen LogP contribution in [0.15, 0.2) is 243 Å². The summed E-state index contributed by atoms with van der Waals surface area (Å²) in [6.07, 6.45) is 0. The number of aromatic nitrogens is 2. The number of hydrogen-bond acceptors (Lipinski definition) is 3. The highest BCUT2D eigenvalue weighted by atomic mass is 32.1. The molecule has 0 aliphatic heterocycles. The summed E-state index contributed by atoms with van der Waals surface area (Å²) >= 11 is 1.82. The quantitative estimate of drug-likeness (QED) is 0.118. The summed E-state index contributed by atoms with van der Waals surface area (Å²) < 4.78 is 1.29. The molecule has 0 fully saturated rings. The molecule has 0 aliphatic rings. The van der Waals surface area contributed by atoms with E-state index in [0.717, 1.165) is 33.6 Å². The standard InChI is InChI=1S/C64H40N2S/c1-2-14-46(15-3-1)64-65-59(40-60(66-64)48-18-12-19-49(37-48)62-39-50-17-6-11-24-61(50)67-62)44-29-25-42(26-30-44)52-35-36-53(56-23-10-9-22-55(52)56)43-27-31-45(32-28-43)63-54-21-8-5-16-47(54)38-58-51-20-7-4-13-41(51)33-34-57(58)63/h1-40H. The van der Waals surface area contributed by atoms with Crippen LogP contribution in [0.2, 0.25) is 0 Å². The van der Waals surface area contributed by atoms with Gasteiger partial charge in [-0.15, -0.1) is 11.3 Å². The SMILES string of the molecule is c1ccc(-c2nc(-c3ccc(-c4ccc(-c5ccc(-c6c7ccccc7cc7c6ccc6ccccc67)cc5)c5ccccc45)cc3)cc(-c3cccc(-c4cc5ccccc5s4)c3)n2)cc1. The Bertz CT molecular complexity index is 3980. The molecule has 11 aromatic carbocycles. The van der Waals surface area contributed by atoms with E-state index in [4.69, 9.17) is 9.97 Å². The van der Waals surface area contributed by atoms with E-state index in [1.165, 1.54) is 91.4 Å². The minimum atomic E-state index is 0.707. The van der Waals surface area contributed by atoms with Crippen LogP contribution < -0.4 is 0 Å². The van der Waals surface area contributed by atoms with Gasteiger partial charge in [-0.1, -0.05) is 212 Å². The molecule has 0 bridgehead atoms. The van der Waals surface area contributed by atoms with Crippen LogP contribution in [0.1, 0.15) is 0 Å². The lowest BCUT2D eigenvalue weighted by Crippen LogP contribution is -1.96. The van der Waals surface area contributed by atoms with Crippen molar-refractivity contribution >= 4 is 64.5 Å². The first-order valence-electron chi connectivity index (χ1n) is 22.8. The van der Waals surface area contributed by atoms with Crippen molar-refractivity contribution in [1.29, 1.82) is 0 Å². The minimum absolute atomic E-state index is 0.707. The highest BCUT2D eigenvalue weighted by Crippen LogP contribution is 2.42. The molecular formula is C64H40N2S. The third-order valence-electron chi connectivity index (χ3n) is 13.3. The Morgan fingerprint density at radius 1 is 0.269 bits per heavy atom. The van der Waals surface area contributed by atoms with E-state index >= 15 is 0 Å². The molecule has 0 spiro atoms. The minimum Gasteiger partial charge on any atom is -0.228 e. The molecule has 2 aromatic heterocycles. The number of nitrogens with zero attached hydrogens (tertiary/aromatic N) is 2. The first kappa shape index (κ1) is 38.9. The van der Waals surface area contributed by atoms with Crippen LogP contribution in [0.25, 0.3) is 131 Å². The van der Waals surface area contributed by atoms with E-state index < -0.39 is 0 Å². The number of fused-ring (bicyclic) bond motifs is 6. The Labute approximate surface area is 392 Å². The largest absolute Gasteiger partial charge is 0.228 e. The third-order valence-corrected chi connectivity index (χ3v) is 14.5. The van der Waals surface area contributed by atoms with Crippen LogP contribution in [0, 0.1) is 0 Å². The van der Waals surface area contributed by atoms with Gasteiger partial charge in [0.05, 0.1) is 11.4 Å². The van der Waals surface area contributed by atoms with Gasteiger partial charge < -0.3 is 0 Å². The van der Waals surface area contributed by atoms with Crippen molar-refractivity contribution in [1.82, 2.24) is 9.97 Å². The van der Waals surface area contributed by atoms with Crippen molar-refractivity contribution in [3.8, 4) is 77.7 Å². The van der Waals surface area contributed by atoms with E-state index in [1.807, 2.05) is 29.5 Å². The fourth-order valence-corrected chi connectivity index (χ4v) is 11.0. The fourth-order valence-electron chi connectivity index (χ4n) is 9.99. The van der Waals surface area contributed by atoms with Crippen molar-refractivity contribution in [2.45, 2.75) is 0 Å². The molecule has 0 saturated heterocycles. The monoisotopic (exact) mass is 868 g/mol. The van der Waals surface area contributed by atoms with Crippen LogP contribution in [-0.2, 0) is 0 Å². The van der Waals surface area contributed by atoms with Gasteiger partial charge in [-0.25, -0.2) is 9.97 Å². The Hall–Kier alpha value is -8.50. The molecule has 67 heavy (non-hydrogen) atoms. The summed E-state index contributed by atoms with van der Waals surface area (Å²) in [5, 5.41) is 11.3. The van der Waals surface area contributed by atoms with Gasteiger partial charge in [-0.2, -0.15) is 0 Å². The van der Waals surface area contributed by atoms with E-state index in [0.29, 0.717) is 5.82 Å². The molecule has 0 radical (unpaired) electrons. The predicted molar refractivity (Wildman–Crippen MR) is 285 cm³/mol. The highest BCUT2D eigenvalue weighted by molar-refractivity contribution is 7.22. The molecular weight excluding hydrogens is 829 g/mol. The zero-order chi connectivity index (χ0) is 44.3. The molecule has 13 aromatic rings. The fraction of sp³-hybridized carbons (Fsp3) is 0. The average Bonchev–Trinajstić information content (AvgIpc) is 3.85. The van der Waals surface area contributed by atoms with Crippen LogP contribution in [0.5, 0.6) is 0 Å². The Balaban J connectivity index is 0.851. The van der Waals surface area contributed by atoms with Gasteiger partial charge in [0, 0.05) is 26.3 Å². The summed E-state index contributed by atoms with van der Waals surface area (Å²) in [4.78, 5) is 11.6. The normalized spacial score (nSPS) is 11.6. The van der Waals surface area contributed by atoms with E-state index in [2.05, 4.69) is 224 Å². The van der Waals surface area contributed by atoms with Gasteiger partial charge in [0.2, 0.25) is 0 Å². The number of benzene rings is 11. The molecule has 0 amide bonds. The molecule has 2 heterocycles. The van der Waals surface area contributed by atoms with Crippen molar-refractivity contribution in [2.75, 3.05) is 0 Å². The lowest BCUT2D eigenvalue weighted by Gasteiger charge is -2.15. The molecule has 0 atom stereocenters. The van der Waals surface area contributed by atoms with Gasteiger partial charge in [0.15, 0.2) is 5.82 Å². The third kappa shape index (κ3) is 6.96. The first-order chi connectivity index (χ1) is 33.2. The Morgan fingerprint density at radius 2 is 0.821 bits per heavy atom. The molecule has 3 heteroatoms. The second-order valence-corrected chi connectivity index (χ2v) is 18.4. The predicted octanol–water partition coefficient (Wildman–Crippen LogP) is 18.0. The van der Waals surface area contributed by atoms with Gasteiger partial charge in [-0.05, 0) is 118 Å². The molecule has 0 aliphatic carbocycles. The number of thiophene rings is 1. The Morgan fingerprint density at radius 3 is 1.54 bits per heavy atom. The van der Waals surface area contributed by atoms with Crippen molar-refractivity contribution in [3.63, 3.8) is 0 Å². The smallest absolute Gasteiger partial charge is 0.160 e. The van der Waals surface area contributed by atoms with Gasteiger partial charge in [0.1, 0.15) is 0 Å². The van der Waals surface area contributed by atoms with Crippen LogP contribution in [0.4, 0.5) is 0 Å². The summed E-state index contributed by atoms with van der Waals surface area (Å²) in [5.74, 6) is 0.707. The van der Waals surface area contributed by atoms with E-state index in [-0.39, 0.29) is 0 Å². The zero-order valence-corrected chi connectivity index (χ0v) is 37.2. The maximum Gasteiger partial charge on any atom is 0.160 e. The van der Waals surface area contributed by atoms with Gasteiger partial charge >= 0.3 is 0 Å². The topological polar surface area (TPSA) is 25.8 Å². The lowest BCUT2D eigenvalue weighted by atomic mass is 9.88. The summed E-state index contributed by atoms with van der Waals surface area (Å²) in [7, 11) is 0. The van der Waals surface area contributed by atoms with Crippen molar-refractivity contribution in [2.24, 2.45) is 0 Å². The zero-order valence-electron chi connectivity index (χ0n) is 36.4. The maximum atomic E-state index is 5.16. The molecule has 0 unspecified atom stereocenters. The van der Waals surface area contributed by atoms with Crippen molar-refractivity contribution in [3.05, 3.63) is 243 Å². The van der Waals surface area contributed by atoms with E-state index in [9.17, 15) is 0 Å². The summed E-state index contributed by atoms with van der Waals surface area (Å²) in [5.41, 5.74) is 13.3. The van der Waals surface area contributed by atoms with Crippen LogP contribution >= 0.6 is 11.3 Å². The second-order valence-electron chi connectivity index (χ2n) is 17.3. The molecule has 2 nitrogen and oxygen atoms in total. The number of hydrogen-bond donors (Lipinski definition) is 0. The van der Waals surface area contributed by atoms with Gasteiger partial charge in [-0.3, -0.25) is 0 Å². The number of rotatable bonds is 7. The van der Waals surface area contributed by atoms with Crippen molar-refractivity contribution < 1.29 is 0 Å². The second kappa shape index (κ2) is 16.2. The first-order valence-corrected chi connectivity index (χ1v) is 23.6. The molecule has 312 valence electrons. The average molecular weight is 869 g/mol. The lowest BCUT2D eigenvalue weighted by molar-refractivity contribution is 1.18. The maximum absolute atomic E-state index is 5.16. The molecule has 0 N–H and O–H groups in total. The summed E-state index contributed by atoms with van der Waals surface area (Å²) in [6.45, 7) is 0. The van der Waals surface area contributed by atoms with Crippen LogP contribution in [-0.4, -0.2) is 9.97 Å². The molecule has 13 rings (SSSR count). The highest BCUT2D eigenvalue weighted by Gasteiger charge is 2.16.